The highest BCUT2D eigenvalue weighted by atomic mass is 35.5. The van der Waals surface area contributed by atoms with Crippen LogP contribution in [0.3, 0.4) is 0 Å². The van der Waals surface area contributed by atoms with E-state index in [9.17, 15) is 23.1 Å². The Kier molecular flexibility index (Phi) is 6.62. The summed E-state index contributed by atoms with van der Waals surface area (Å²) in [6, 6.07) is 2.18. The van der Waals surface area contributed by atoms with Crippen LogP contribution >= 0.6 is 11.6 Å². The number of carboxylic acid groups (broad SMARTS) is 1. The standard InChI is InChI=1S/C16H21ClN2O6S/c1-10(20)14(16(22)23)18-15(21)12-9-11(5-6-13(12)17)26(24,25)19-7-3-2-4-8-19/h5-6,9-10,14,20H,2-4,7-8H2,1H3,(H,18,21)(H,22,23)/t10-,14+/m0/s1. The quantitative estimate of drug-likeness (QED) is 0.651. The Hall–Kier alpha value is -1.68. The van der Waals surface area contributed by atoms with Crippen LogP contribution in [0.25, 0.3) is 0 Å². The van der Waals surface area contributed by atoms with Crippen molar-refractivity contribution in [3.63, 3.8) is 0 Å². The van der Waals surface area contributed by atoms with Crippen LogP contribution in [0.2, 0.25) is 5.02 Å². The minimum atomic E-state index is -3.77. The number of halogens is 1. The highest BCUT2D eigenvalue weighted by Crippen LogP contribution is 2.25. The molecule has 10 heteroatoms. The van der Waals surface area contributed by atoms with Crippen molar-refractivity contribution >= 4 is 33.5 Å². The van der Waals surface area contributed by atoms with E-state index >= 15 is 0 Å². The van der Waals surface area contributed by atoms with Gasteiger partial charge in [-0.1, -0.05) is 18.0 Å². The van der Waals surface area contributed by atoms with Crippen molar-refractivity contribution in [2.45, 2.75) is 43.2 Å². The summed E-state index contributed by atoms with van der Waals surface area (Å²) in [6.45, 7) is 2.04. The number of carbonyl (C=O) groups is 2. The second-order valence-electron chi connectivity index (χ2n) is 6.14. The van der Waals surface area contributed by atoms with Crippen LogP contribution in [0.5, 0.6) is 0 Å². The number of nitrogens with zero attached hydrogens (tertiary/aromatic N) is 1. The lowest BCUT2D eigenvalue weighted by Crippen LogP contribution is -2.47. The predicted molar refractivity (Wildman–Crippen MR) is 94.6 cm³/mol. The number of aliphatic hydroxyl groups is 1. The van der Waals surface area contributed by atoms with Gasteiger partial charge in [0.2, 0.25) is 10.0 Å². The molecule has 1 amide bonds. The Labute approximate surface area is 156 Å². The van der Waals surface area contributed by atoms with Gasteiger partial charge in [-0.2, -0.15) is 4.31 Å². The average molecular weight is 405 g/mol. The summed E-state index contributed by atoms with van der Waals surface area (Å²) < 4.78 is 26.8. The first-order valence-corrected chi connectivity index (χ1v) is 9.98. The third kappa shape index (κ3) is 4.53. The van der Waals surface area contributed by atoms with Gasteiger partial charge in [-0.25, -0.2) is 13.2 Å². The first-order chi connectivity index (χ1) is 12.1. The zero-order valence-corrected chi connectivity index (χ0v) is 15.8. The number of rotatable bonds is 6. The molecule has 0 bridgehead atoms. The third-order valence-electron chi connectivity index (χ3n) is 4.17. The van der Waals surface area contributed by atoms with Crippen LogP contribution in [0.4, 0.5) is 0 Å². The zero-order chi connectivity index (χ0) is 19.5. The molecule has 0 aromatic heterocycles. The summed E-state index contributed by atoms with van der Waals surface area (Å²) >= 11 is 5.99. The molecule has 1 saturated heterocycles. The normalized spacial score (nSPS) is 18.1. The summed E-state index contributed by atoms with van der Waals surface area (Å²) in [4.78, 5) is 23.4. The fourth-order valence-corrected chi connectivity index (χ4v) is 4.45. The van der Waals surface area contributed by atoms with E-state index < -0.39 is 34.0 Å². The maximum atomic E-state index is 12.7. The zero-order valence-electron chi connectivity index (χ0n) is 14.2. The van der Waals surface area contributed by atoms with Gasteiger partial charge in [0.25, 0.3) is 5.91 Å². The molecule has 8 nitrogen and oxygen atoms in total. The number of hydrogen-bond acceptors (Lipinski definition) is 5. The van der Waals surface area contributed by atoms with E-state index in [0.29, 0.717) is 13.1 Å². The summed E-state index contributed by atoms with van der Waals surface area (Å²) in [5.41, 5.74) is -0.170. The summed E-state index contributed by atoms with van der Waals surface area (Å²) in [5, 5.41) is 20.7. The Morgan fingerprint density at radius 2 is 1.85 bits per heavy atom. The van der Waals surface area contributed by atoms with Crippen molar-refractivity contribution in [3.8, 4) is 0 Å². The van der Waals surface area contributed by atoms with Gasteiger partial charge in [0.15, 0.2) is 6.04 Å². The van der Waals surface area contributed by atoms with Crippen LogP contribution in [-0.4, -0.2) is 60.0 Å². The maximum absolute atomic E-state index is 12.7. The van der Waals surface area contributed by atoms with Crippen LogP contribution in [-0.2, 0) is 14.8 Å². The molecule has 0 radical (unpaired) electrons. The summed E-state index contributed by atoms with van der Waals surface area (Å²) in [6.07, 6.45) is 1.18. The SMILES string of the molecule is C[C@H](O)[C@@H](NC(=O)c1cc(S(=O)(=O)N2CCCCC2)ccc1Cl)C(=O)O. The lowest BCUT2D eigenvalue weighted by atomic mass is 10.1. The van der Waals surface area contributed by atoms with Crippen molar-refractivity contribution in [2.24, 2.45) is 0 Å². The average Bonchev–Trinajstić information content (AvgIpc) is 2.59. The molecule has 0 saturated carbocycles. The number of benzene rings is 1. The molecule has 0 spiro atoms. The molecule has 1 heterocycles. The van der Waals surface area contributed by atoms with Crippen LogP contribution in [0, 0.1) is 0 Å². The molecule has 0 aliphatic carbocycles. The number of amides is 1. The lowest BCUT2D eigenvalue weighted by Gasteiger charge is -2.26. The van der Waals surface area contributed by atoms with E-state index in [2.05, 4.69) is 5.32 Å². The van der Waals surface area contributed by atoms with Gasteiger partial charge in [-0.3, -0.25) is 4.79 Å². The number of aliphatic carboxylic acids is 1. The molecule has 2 atom stereocenters. The van der Waals surface area contributed by atoms with Gasteiger partial charge in [0, 0.05) is 13.1 Å². The Balaban J connectivity index is 2.31. The number of carbonyl (C=O) groups excluding carboxylic acids is 1. The van der Waals surface area contributed by atoms with Crippen molar-refractivity contribution in [1.82, 2.24) is 9.62 Å². The molecule has 26 heavy (non-hydrogen) atoms. The maximum Gasteiger partial charge on any atom is 0.328 e. The number of piperidine rings is 1. The van der Waals surface area contributed by atoms with E-state index in [1.165, 1.54) is 23.4 Å². The third-order valence-corrected chi connectivity index (χ3v) is 6.39. The molecule has 1 aliphatic rings. The Morgan fingerprint density at radius 1 is 1.23 bits per heavy atom. The lowest BCUT2D eigenvalue weighted by molar-refractivity contribution is -0.141. The van der Waals surface area contributed by atoms with Crippen LogP contribution in [0.1, 0.15) is 36.5 Å². The van der Waals surface area contributed by atoms with Crippen LogP contribution in [0.15, 0.2) is 23.1 Å². The minimum Gasteiger partial charge on any atom is -0.480 e. The van der Waals surface area contributed by atoms with Gasteiger partial charge < -0.3 is 15.5 Å². The molecule has 1 aliphatic heterocycles. The molecular formula is C16H21ClN2O6S. The van der Waals surface area contributed by atoms with Crippen molar-refractivity contribution in [3.05, 3.63) is 28.8 Å². The van der Waals surface area contributed by atoms with E-state index in [-0.39, 0.29) is 15.5 Å². The van der Waals surface area contributed by atoms with Gasteiger partial charge in [-0.15, -0.1) is 0 Å². The monoisotopic (exact) mass is 404 g/mol. The van der Waals surface area contributed by atoms with Crippen molar-refractivity contribution in [2.75, 3.05) is 13.1 Å². The molecule has 3 N–H and O–H groups in total. The number of aliphatic hydroxyl groups excluding tert-OH is 1. The molecule has 0 unspecified atom stereocenters. The van der Waals surface area contributed by atoms with Crippen molar-refractivity contribution in [1.29, 1.82) is 0 Å². The Bertz CT molecular complexity index is 790. The molecule has 2 rings (SSSR count). The second kappa shape index (κ2) is 8.34. The largest absolute Gasteiger partial charge is 0.480 e. The van der Waals surface area contributed by atoms with Crippen molar-refractivity contribution < 1.29 is 28.2 Å². The first-order valence-electron chi connectivity index (χ1n) is 8.16. The second-order valence-corrected chi connectivity index (χ2v) is 8.48. The minimum absolute atomic E-state index is 0.0187. The van der Waals surface area contributed by atoms with Gasteiger partial charge in [0.1, 0.15) is 0 Å². The topological polar surface area (TPSA) is 124 Å². The molecular weight excluding hydrogens is 384 g/mol. The summed E-state index contributed by atoms with van der Waals surface area (Å²) in [7, 11) is -3.77. The van der Waals surface area contributed by atoms with E-state index in [4.69, 9.17) is 16.7 Å². The molecule has 144 valence electrons. The summed E-state index contributed by atoms with van der Waals surface area (Å²) in [5.74, 6) is -2.29. The number of carboxylic acids is 1. The van der Waals surface area contributed by atoms with E-state index in [0.717, 1.165) is 25.3 Å². The van der Waals surface area contributed by atoms with E-state index in [1.807, 2.05) is 0 Å². The fraction of sp³-hybridized carbons (Fsp3) is 0.500. The van der Waals surface area contributed by atoms with Crippen LogP contribution < -0.4 is 5.32 Å². The number of hydrogen-bond donors (Lipinski definition) is 3. The fourth-order valence-electron chi connectivity index (χ4n) is 2.70. The Morgan fingerprint density at radius 3 is 2.38 bits per heavy atom. The highest BCUT2D eigenvalue weighted by Gasteiger charge is 2.29. The first kappa shape index (κ1) is 20.6. The number of nitrogens with one attached hydrogen (secondary N) is 1. The van der Waals surface area contributed by atoms with Gasteiger partial charge in [-0.05, 0) is 38.0 Å². The predicted octanol–water partition coefficient (Wildman–Crippen LogP) is 1.08. The van der Waals surface area contributed by atoms with E-state index in [1.54, 1.807) is 0 Å². The van der Waals surface area contributed by atoms with Gasteiger partial charge >= 0.3 is 5.97 Å². The number of sulfonamides is 1. The molecule has 1 aromatic rings. The highest BCUT2D eigenvalue weighted by molar-refractivity contribution is 7.89. The van der Waals surface area contributed by atoms with Gasteiger partial charge in [0.05, 0.1) is 21.6 Å². The molecule has 1 fully saturated rings. The smallest absolute Gasteiger partial charge is 0.328 e. The molecule has 1 aromatic carbocycles.